The van der Waals surface area contributed by atoms with Crippen molar-refractivity contribution in [1.29, 1.82) is 0 Å². The van der Waals surface area contributed by atoms with Crippen molar-refractivity contribution < 1.29 is 29.6 Å². The Kier molecular flexibility index (Phi) is 11.7. The minimum absolute atomic E-state index is 0.0155. The normalized spacial score (nSPS) is 17.7. The van der Waals surface area contributed by atoms with Crippen LogP contribution in [0.1, 0.15) is 37.0 Å². The molecule has 1 aromatic carbocycles. The van der Waals surface area contributed by atoms with Crippen molar-refractivity contribution in [3.8, 4) is 0 Å². The Morgan fingerprint density at radius 1 is 1.33 bits per heavy atom. The van der Waals surface area contributed by atoms with E-state index in [1.54, 1.807) is 30.5 Å². The third-order valence-corrected chi connectivity index (χ3v) is 2.79. The number of esters is 1. The van der Waals surface area contributed by atoms with Crippen molar-refractivity contribution in [2.75, 3.05) is 19.5 Å². The highest BCUT2D eigenvalue weighted by molar-refractivity contribution is 7.79. The van der Waals surface area contributed by atoms with E-state index in [0.717, 1.165) is 12.8 Å². The molecular weight excluding hydrogens is 332 g/mol. The molecule has 1 aliphatic heterocycles. The van der Waals surface area contributed by atoms with Crippen molar-refractivity contribution >= 4 is 18.6 Å². The molecule has 1 aliphatic rings. The van der Waals surface area contributed by atoms with Gasteiger partial charge in [-0.2, -0.15) is 12.6 Å². The predicted molar refractivity (Wildman–Crippen MR) is 95.1 cm³/mol. The first-order valence-corrected chi connectivity index (χ1v) is 8.58. The van der Waals surface area contributed by atoms with E-state index in [-0.39, 0.29) is 12.7 Å². The van der Waals surface area contributed by atoms with E-state index in [2.05, 4.69) is 12.6 Å². The fraction of sp³-hybridized carbons (Fsp3) is 0.588. The van der Waals surface area contributed by atoms with Gasteiger partial charge in [-0.3, -0.25) is 0 Å². The van der Waals surface area contributed by atoms with Crippen LogP contribution in [0.25, 0.3) is 0 Å². The molecule has 0 aliphatic carbocycles. The third kappa shape index (κ3) is 11.4. The van der Waals surface area contributed by atoms with E-state index < -0.39 is 17.9 Å². The van der Waals surface area contributed by atoms with Gasteiger partial charge in [-0.25, -0.2) is 4.79 Å². The highest BCUT2D eigenvalue weighted by Gasteiger charge is 2.25. The van der Waals surface area contributed by atoms with Crippen molar-refractivity contribution in [1.82, 2.24) is 0 Å². The highest BCUT2D eigenvalue weighted by Crippen LogP contribution is 2.16. The molecule has 2 atom stereocenters. The largest absolute Gasteiger partial charge is 0.459 e. The van der Waals surface area contributed by atoms with E-state index >= 15 is 0 Å². The highest BCUT2D eigenvalue weighted by atomic mass is 32.1. The fourth-order valence-electron chi connectivity index (χ4n) is 1.83. The molecule has 0 spiro atoms. The van der Waals surface area contributed by atoms with Crippen molar-refractivity contribution in [2.24, 2.45) is 0 Å². The zero-order valence-electron chi connectivity index (χ0n) is 14.4. The molecule has 2 rings (SSSR count). The molecule has 24 heavy (non-hydrogen) atoms. The first kappa shape index (κ1) is 22.9. The summed E-state index contributed by atoms with van der Waals surface area (Å²) in [5.41, 5.74) is 0.493. The van der Waals surface area contributed by atoms with Gasteiger partial charge in [-0.15, -0.1) is 0 Å². The molecule has 1 heterocycles. The number of carbonyl (C=O) groups is 1. The second-order valence-corrected chi connectivity index (χ2v) is 5.58. The van der Waals surface area contributed by atoms with Crippen LogP contribution in [0.3, 0.4) is 0 Å². The van der Waals surface area contributed by atoms with Gasteiger partial charge in [-0.1, -0.05) is 18.2 Å². The monoisotopic (exact) mass is 360 g/mol. The summed E-state index contributed by atoms with van der Waals surface area (Å²) in [6, 6.07) is 8.74. The van der Waals surface area contributed by atoms with Crippen LogP contribution in [0.2, 0.25) is 0 Å². The summed E-state index contributed by atoms with van der Waals surface area (Å²) in [7, 11) is 0. The number of thiol groups is 1. The second-order valence-electron chi connectivity index (χ2n) is 5.58. The smallest absolute Gasteiger partial charge is 0.338 e. The average Bonchev–Trinajstić information content (AvgIpc) is 3.08. The molecule has 0 saturated carbocycles. The number of aliphatic hydroxyl groups is 3. The van der Waals surface area contributed by atoms with Crippen LogP contribution in [0, 0.1) is 0 Å². The molecule has 1 saturated heterocycles. The van der Waals surface area contributed by atoms with Gasteiger partial charge in [0.2, 0.25) is 0 Å². The average molecular weight is 360 g/mol. The Hall–Kier alpha value is -1.12. The lowest BCUT2D eigenvalue weighted by atomic mass is 10.1. The molecule has 6 nitrogen and oxygen atoms in total. The number of carbonyl (C=O) groups excluding carboxylic acids is 1. The lowest BCUT2D eigenvalue weighted by Gasteiger charge is -2.17. The summed E-state index contributed by atoms with van der Waals surface area (Å²) < 4.78 is 10.3. The van der Waals surface area contributed by atoms with E-state index in [0.29, 0.717) is 12.2 Å². The number of ether oxygens (including phenoxy) is 2. The summed E-state index contributed by atoms with van der Waals surface area (Å²) in [5.74, 6) is -1.91. The molecule has 7 heteroatoms. The molecule has 2 unspecified atom stereocenters. The number of hydrogen-bond donors (Lipinski definition) is 4. The van der Waals surface area contributed by atoms with Crippen LogP contribution in [0.5, 0.6) is 0 Å². The first-order chi connectivity index (χ1) is 11.3. The van der Waals surface area contributed by atoms with Crippen LogP contribution in [0.15, 0.2) is 30.3 Å². The number of benzene rings is 1. The Balaban J connectivity index is 0.000000650. The van der Waals surface area contributed by atoms with E-state index in [1.165, 1.54) is 13.8 Å². The predicted octanol–water partition coefficient (Wildman–Crippen LogP) is 1.64. The summed E-state index contributed by atoms with van der Waals surface area (Å²) in [6.45, 7) is 3.26. The van der Waals surface area contributed by atoms with Gasteiger partial charge in [0.25, 0.3) is 0 Å². The Morgan fingerprint density at radius 2 is 1.88 bits per heavy atom. The minimum atomic E-state index is -1.50. The van der Waals surface area contributed by atoms with Crippen LogP contribution in [-0.4, -0.2) is 58.8 Å². The van der Waals surface area contributed by atoms with Gasteiger partial charge in [0.05, 0.1) is 11.7 Å². The van der Waals surface area contributed by atoms with Gasteiger partial charge in [-0.05, 0) is 45.1 Å². The van der Waals surface area contributed by atoms with Gasteiger partial charge in [0.15, 0.2) is 5.79 Å². The van der Waals surface area contributed by atoms with E-state index in [1.807, 2.05) is 6.07 Å². The number of aliphatic hydroxyl groups excluding tert-OH is 1. The molecule has 0 aromatic heterocycles. The zero-order valence-corrected chi connectivity index (χ0v) is 15.3. The van der Waals surface area contributed by atoms with Crippen LogP contribution < -0.4 is 0 Å². The summed E-state index contributed by atoms with van der Waals surface area (Å²) >= 11 is 3.53. The lowest BCUT2D eigenvalue weighted by molar-refractivity contribution is -0.127. The molecule has 0 radical (unpaired) electrons. The van der Waals surface area contributed by atoms with Crippen molar-refractivity contribution in [3.63, 3.8) is 0 Å². The molecule has 138 valence electrons. The lowest BCUT2D eigenvalue weighted by Crippen LogP contribution is -2.31. The number of hydrogen-bond acceptors (Lipinski definition) is 7. The Labute approximate surface area is 148 Å². The Bertz CT molecular complexity index is 434. The maximum absolute atomic E-state index is 11.6. The van der Waals surface area contributed by atoms with Crippen LogP contribution in [-0.2, 0) is 9.47 Å². The van der Waals surface area contributed by atoms with Crippen LogP contribution >= 0.6 is 12.6 Å². The standard InChI is InChI=1S/C13H16O4.C3H8O2.CH4S/c14-11(12-7-4-8-16-12)9-17-13(15)10-5-2-1-3-6-10;1-3(2,4)5;1-2/h1-3,5-6,11-12,14H,4,7-9H2;4-5H,1-2H3;2H,1H3. The van der Waals surface area contributed by atoms with Gasteiger partial charge in [0.1, 0.15) is 12.7 Å². The summed E-state index contributed by atoms with van der Waals surface area (Å²) in [4.78, 5) is 11.6. The molecule has 1 fully saturated rings. The molecular formula is C17H28O6S. The minimum Gasteiger partial charge on any atom is -0.459 e. The van der Waals surface area contributed by atoms with Crippen molar-refractivity contribution in [3.05, 3.63) is 35.9 Å². The molecule has 0 bridgehead atoms. The molecule has 3 N–H and O–H groups in total. The van der Waals surface area contributed by atoms with Gasteiger partial charge < -0.3 is 24.8 Å². The molecule has 0 amide bonds. The van der Waals surface area contributed by atoms with Crippen molar-refractivity contribution in [2.45, 2.75) is 44.7 Å². The maximum atomic E-state index is 11.6. The summed E-state index contributed by atoms with van der Waals surface area (Å²) in [5, 5.41) is 25.9. The first-order valence-electron chi connectivity index (χ1n) is 7.68. The summed E-state index contributed by atoms with van der Waals surface area (Å²) in [6.07, 6.45) is 2.54. The van der Waals surface area contributed by atoms with E-state index in [4.69, 9.17) is 19.7 Å². The zero-order chi connectivity index (χ0) is 18.6. The molecule has 1 aromatic rings. The Morgan fingerprint density at radius 3 is 2.33 bits per heavy atom. The number of rotatable bonds is 4. The quantitative estimate of drug-likeness (QED) is 0.370. The van der Waals surface area contributed by atoms with E-state index in [9.17, 15) is 9.90 Å². The fourth-order valence-corrected chi connectivity index (χ4v) is 1.83. The van der Waals surface area contributed by atoms with Crippen LogP contribution in [0.4, 0.5) is 0 Å². The maximum Gasteiger partial charge on any atom is 0.338 e. The second kappa shape index (κ2) is 12.3. The van der Waals surface area contributed by atoms with Gasteiger partial charge >= 0.3 is 5.97 Å². The van der Waals surface area contributed by atoms with Gasteiger partial charge in [0, 0.05) is 6.61 Å². The third-order valence-electron chi connectivity index (χ3n) is 2.79. The SMILES string of the molecule is CC(C)(O)O.CS.O=C(OCC(O)C1CCCO1)c1ccccc1. The topological polar surface area (TPSA) is 96.2 Å².